The molecule has 0 aliphatic rings. The molecular formula is C16H16BrFO2. The lowest BCUT2D eigenvalue weighted by Crippen LogP contribution is -2.04. The Bertz CT molecular complexity index is 593. The van der Waals surface area contributed by atoms with Crippen LogP contribution in [0.1, 0.15) is 22.8 Å². The number of aliphatic hydroxyl groups excluding tert-OH is 1. The number of halogens is 2. The van der Waals surface area contributed by atoms with E-state index in [0.29, 0.717) is 16.5 Å². The lowest BCUT2D eigenvalue weighted by molar-refractivity contribution is 0.176. The number of aryl methyl sites for hydroxylation is 1. The third-order valence-corrected chi connectivity index (χ3v) is 3.58. The van der Waals surface area contributed by atoms with Gasteiger partial charge >= 0.3 is 0 Å². The molecular weight excluding hydrogens is 323 g/mol. The molecule has 0 amide bonds. The predicted molar refractivity (Wildman–Crippen MR) is 80.5 cm³/mol. The van der Waals surface area contributed by atoms with E-state index < -0.39 is 6.10 Å². The first-order valence-electron chi connectivity index (χ1n) is 6.27. The predicted octanol–water partition coefficient (Wildman–Crippen LogP) is 4.18. The Labute approximate surface area is 126 Å². The zero-order valence-corrected chi connectivity index (χ0v) is 12.9. The molecule has 20 heavy (non-hydrogen) atoms. The van der Waals surface area contributed by atoms with Crippen LogP contribution in [0.3, 0.4) is 0 Å². The molecule has 1 unspecified atom stereocenters. The summed E-state index contributed by atoms with van der Waals surface area (Å²) in [6.45, 7) is 1.98. The van der Waals surface area contributed by atoms with Crippen molar-refractivity contribution in [3.8, 4) is 5.75 Å². The average Bonchev–Trinajstić information content (AvgIpc) is 2.37. The normalized spacial score (nSPS) is 12.2. The topological polar surface area (TPSA) is 29.5 Å². The first-order chi connectivity index (χ1) is 9.49. The van der Waals surface area contributed by atoms with Gasteiger partial charge in [0.1, 0.15) is 11.6 Å². The van der Waals surface area contributed by atoms with E-state index in [1.807, 2.05) is 25.1 Å². The van der Waals surface area contributed by atoms with E-state index in [1.165, 1.54) is 12.1 Å². The second-order valence-electron chi connectivity index (χ2n) is 4.74. The number of ether oxygens (including phenoxy) is 1. The fourth-order valence-electron chi connectivity index (χ4n) is 2.16. The zero-order chi connectivity index (χ0) is 14.7. The lowest BCUT2D eigenvalue weighted by atomic mass is 9.99. The molecule has 106 valence electrons. The van der Waals surface area contributed by atoms with Crippen LogP contribution in [-0.4, -0.2) is 12.2 Å². The highest BCUT2D eigenvalue weighted by atomic mass is 79.9. The summed E-state index contributed by atoms with van der Waals surface area (Å²) in [6.07, 6.45) is -0.404. The largest absolute Gasteiger partial charge is 0.496 e. The highest BCUT2D eigenvalue weighted by Crippen LogP contribution is 2.27. The molecule has 2 rings (SSSR count). The average molecular weight is 339 g/mol. The number of rotatable bonds is 4. The Morgan fingerprint density at radius 1 is 1.25 bits per heavy atom. The van der Waals surface area contributed by atoms with Crippen molar-refractivity contribution >= 4 is 15.9 Å². The first kappa shape index (κ1) is 15.0. The lowest BCUT2D eigenvalue weighted by Gasteiger charge is -2.15. The van der Waals surface area contributed by atoms with Crippen molar-refractivity contribution in [1.82, 2.24) is 0 Å². The van der Waals surface area contributed by atoms with Crippen molar-refractivity contribution in [2.45, 2.75) is 19.4 Å². The number of methoxy groups -OCH3 is 1. The molecule has 0 aromatic heterocycles. The quantitative estimate of drug-likeness (QED) is 0.905. The van der Waals surface area contributed by atoms with Gasteiger partial charge in [-0.2, -0.15) is 0 Å². The van der Waals surface area contributed by atoms with Crippen LogP contribution < -0.4 is 4.74 Å². The second kappa shape index (κ2) is 6.37. The van der Waals surface area contributed by atoms with Crippen LogP contribution >= 0.6 is 15.9 Å². The molecule has 4 heteroatoms. The molecule has 1 atom stereocenters. The van der Waals surface area contributed by atoms with Gasteiger partial charge in [0.25, 0.3) is 0 Å². The molecule has 0 aliphatic heterocycles. The van der Waals surface area contributed by atoms with Gasteiger partial charge in [0, 0.05) is 10.9 Å². The molecule has 0 aliphatic carbocycles. The van der Waals surface area contributed by atoms with E-state index in [0.717, 1.165) is 16.9 Å². The summed E-state index contributed by atoms with van der Waals surface area (Å²) in [5.74, 6) is 0.356. The summed E-state index contributed by atoms with van der Waals surface area (Å²) >= 11 is 3.23. The van der Waals surface area contributed by atoms with Gasteiger partial charge in [-0.1, -0.05) is 33.6 Å². The monoisotopic (exact) mass is 338 g/mol. The van der Waals surface area contributed by atoms with Crippen molar-refractivity contribution in [2.24, 2.45) is 0 Å². The molecule has 0 fully saturated rings. The summed E-state index contributed by atoms with van der Waals surface area (Å²) in [5, 5.41) is 10.3. The van der Waals surface area contributed by atoms with Gasteiger partial charge in [0.05, 0.1) is 13.2 Å². The third kappa shape index (κ3) is 3.58. The molecule has 2 aromatic rings. The van der Waals surface area contributed by atoms with Crippen LogP contribution in [0, 0.1) is 12.7 Å². The minimum absolute atomic E-state index is 0.371. The minimum Gasteiger partial charge on any atom is -0.496 e. The molecule has 2 nitrogen and oxygen atoms in total. The van der Waals surface area contributed by atoms with Crippen molar-refractivity contribution in [3.05, 3.63) is 63.4 Å². The number of hydrogen-bond donors (Lipinski definition) is 1. The van der Waals surface area contributed by atoms with Crippen LogP contribution in [0.5, 0.6) is 5.75 Å². The van der Waals surface area contributed by atoms with Gasteiger partial charge in [-0.25, -0.2) is 4.39 Å². The molecule has 0 bridgehead atoms. The smallest absolute Gasteiger partial charge is 0.124 e. The van der Waals surface area contributed by atoms with Gasteiger partial charge in [-0.05, 0) is 42.3 Å². The summed E-state index contributed by atoms with van der Waals surface area (Å²) in [4.78, 5) is 0. The Morgan fingerprint density at radius 3 is 2.65 bits per heavy atom. The molecule has 0 radical (unpaired) electrons. The van der Waals surface area contributed by atoms with Gasteiger partial charge in [0.2, 0.25) is 0 Å². The van der Waals surface area contributed by atoms with Crippen molar-refractivity contribution in [2.75, 3.05) is 7.11 Å². The van der Waals surface area contributed by atoms with Gasteiger partial charge in [-0.15, -0.1) is 0 Å². The van der Waals surface area contributed by atoms with E-state index in [4.69, 9.17) is 4.74 Å². The number of aliphatic hydroxyl groups is 1. The van der Waals surface area contributed by atoms with Crippen LogP contribution in [0.15, 0.2) is 40.9 Å². The molecule has 0 saturated heterocycles. The van der Waals surface area contributed by atoms with Gasteiger partial charge in [-0.3, -0.25) is 0 Å². The van der Waals surface area contributed by atoms with Crippen LogP contribution in [0.2, 0.25) is 0 Å². The van der Waals surface area contributed by atoms with Crippen LogP contribution in [0.4, 0.5) is 4.39 Å². The summed E-state index contributed by atoms with van der Waals surface area (Å²) in [7, 11) is 1.60. The zero-order valence-electron chi connectivity index (χ0n) is 11.4. The fourth-order valence-corrected chi connectivity index (χ4v) is 2.64. The van der Waals surface area contributed by atoms with E-state index in [-0.39, 0.29) is 5.82 Å². The van der Waals surface area contributed by atoms with Gasteiger partial charge < -0.3 is 9.84 Å². The fraction of sp³-hybridized carbons (Fsp3) is 0.250. The first-order valence-corrected chi connectivity index (χ1v) is 7.06. The van der Waals surface area contributed by atoms with E-state index in [1.54, 1.807) is 13.2 Å². The maximum atomic E-state index is 13.4. The molecule has 2 aromatic carbocycles. The van der Waals surface area contributed by atoms with Crippen LogP contribution in [-0.2, 0) is 6.42 Å². The number of hydrogen-bond acceptors (Lipinski definition) is 2. The van der Waals surface area contributed by atoms with Gasteiger partial charge in [0.15, 0.2) is 0 Å². The Morgan fingerprint density at radius 2 is 2.00 bits per heavy atom. The summed E-state index contributed by atoms with van der Waals surface area (Å²) in [5.41, 5.74) is 2.54. The van der Waals surface area contributed by atoms with E-state index >= 15 is 0 Å². The second-order valence-corrected chi connectivity index (χ2v) is 5.65. The SMILES string of the molecule is COc1ccc(C)cc1CC(O)c1cc(F)cc(Br)c1. The summed E-state index contributed by atoms with van der Waals surface area (Å²) in [6, 6.07) is 10.2. The van der Waals surface area contributed by atoms with Crippen molar-refractivity contribution < 1.29 is 14.2 Å². The number of benzene rings is 2. The molecule has 0 saturated carbocycles. The molecule has 0 spiro atoms. The Balaban J connectivity index is 2.27. The Kier molecular flexibility index (Phi) is 4.78. The maximum absolute atomic E-state index is 13.4. The van der Waals surface area contributed by atoms with Crippen molar-refractivity contribution in [3.63, 3.8) is 0 Å². The molecule has 1 N–H and O–H groups in total. The standard InChI is InChI=1S/C16H16BrFO2/c1-10-3-4-16(20-2)12(5-10)8-15(19)11-6-13(17)9-14(18)7-11/h3-7,9,15,19H,8H2,1-2H3. The highest BCUT2D eigenvalue weighted by molar-refractivity contribution is 9.10. The van der Waals surface area contributed by atoms with E-state index in [9.17, 15) is 9.50 Å². The van der Waals surface area contributed by atoms with E-state index in [2.05, 4.69) is 15.9 Å². The summed E-state index contributed by atoms with van der Waals surface area (Å²) < 4.78 is 19.3. The van der Waals surface area contributed by atoms with Crippen LogP contribution in [0.25, 0.3) is 0 Å². The Hall–Kier alpha value is -1.39. The third-order valence-electron chi connectivity index (χ3n) is 3.12. The van der Waals surface area contributed by atoms with Crippen molar-refractivity contribution in [1.29, 1.82) is 0 Å². The minimum atomic E-state index is -0.780. The maximum Gasteiger partial charge on any atom is 0.124 e. The highest BCUT2D eigenvalue weighted by Gasteiger charge is 2.13. The molecule has 0 heterocycles.